The van der Waals surface area contributed by atoms with Crippen LogP contribution < -0.4 is 10.2 Å². The van der Waals surface area contributed by atoms with Crippen molar-refractivity contribution in [3.8, 4) is 0 Å². The topological polar surface area (TPSA) is 15.3 Å². The first-order valence-corrected chi connectivity index (χ1v) is 22.2. The van der Waals surface area contributed by atoms with E-state index in [4.69, 9.17) is 46.4 Å². The van der Waals surface area contributed by atoms with Crippen LogP contribution in [0, 0.1) is 0 Å². The van der Waals surface area contributed by atoms with Crippen molar-refractivity contribution < 1.29 is 0 Å². The Labute approximate surface area is 390 Å². The first kappa shape index (κ1) is 50.9. The number of nitrogens with zero attached hydrogens (tertiary/aromatic N) is 1. The van der Waals surface area contributed by atoms with Gasteiger partial charge in [-0.15, -0.1) is 0 Å². The number of nitrogens with one attached hydrogen (secondary N) is 1. The van der Waals surface area contributed by atoms with Gasteiger partial charge < -0.3 is 10.2 Å². The van der Waals surface area contributed by atoms with E-state index >= 15 is 0 Å². The third-order valence-electron chi connectivity index (χ3n) is 9.85. The van der Waals surface area contributed by atoms with Crippen molar-refractivity contribution in [1.29, 1.82) is 0 Å². The second-order valence-electron chi connectivity index (χ2n) is 18.8. The second kappa shape index (κ2) is 21.1. The average molecular weight is 950 g/mol. The minimum absolute atomic E-state index is 0. The maximum atomic E-state index is 6.62. The third kappa shape index (κ3) is 14.3. The number of hydrogen-bond donors (Lipinski definition) is 1. The molecule has 0 aliphatic heterocycles. The first-order valence-electron chi connectivity index (χ1n) is 19.9. The van der Waals surface area contributed by atoms with Crippen LogP contribution in [0.3, 0.4) is 0 Å². The fraction of sp³-hybridized carbons (Fsp3) is 0.321. The molecule has 0 amide bonds. The maximum Gasteiger partial charge on any atom is 0.0832 e. The number of rotatable bonds is 5. The van der Waals surface area contributed by atoms with Crippen LogP contribution in [0.15, 0.2) is 138 Å². The molecule has 320 valence electrons. The Bertz CT molecular complexity index is 2120. The first-order chi connectivity index (χ1) is 27.4. The zero-order chi connectivity index (χ0) is 43.9. The van der Waals surface area contributed by atoms with Crippen LogP contribution in [0.1, 0.15) is 113 Å². The molecule has 0 bridgehead atoms. The number of hydrogen-bond acceptors (Lipinski definition) is 2. The van der Waals surface area contributed by atoms with E-state index in [1.807, 2.05) is 30.3 Å². The fourth-order valence-electron chi connectivity index (χ4n) is 6.06. The quantitative estimate of drug-likeness (QED) is 0.173. The van der Waals surface area contributed by atoms with E-state index in [1.54, 1.807) is 6.07 Å². The molecule has 0 unspecified atom stereocenters. The maximum absolute atomic E-state index is 6.62. The van der Waals surface area contributed by atoms with E-state index in [9.17, 15) is 0 Å². The van der Waals surface area contributed by atoms with Gasteiger partial charge >= 0.3 is 0 Å². The van der Waals surface area contributed by atoms with E-state index in [-0.39, 0.29) is 29.1 Å². The van der Waals surface area contributed by atoms with Crippen LogP contribution in [0.2, 0.25) is 20.1 Å². The molecular weight excluding hydrogens is 886 g/mol. The molecule has 6 aromatic rings. The van der Waals surface area contributed by atoms with Gasteiger partial charge in [0.1, 0.15) is 0 Å². The van der Waals surface area contributed by atoms with E-state index in [0.29, 0.717) is 20.1 Å². The lowest BCUT2D eigenvalue weighted by Gasteiger charge is -2.28. The normalized spacial score (nSPS) is 11.6. The summed E-state index contributed by atoms with van der Waals surface area (Å²) >= 11 is 27.5. The van der Waals surface area contributed by atoms with Gasteiger partial charge in [0.15, 0.2) is 0 Å². The van der Waals surface area contributed by atoms with Gasteiger partial charge in [-0.1, -0.05) is 198 Å². The molecule has 6 aromatic carbocycles. The highest BCUT2D eigenvalue weighted by molar-refractivity contribution is 9.10. The third-order valence-corrected chi connectivity index (χ3v) is 12.4. The zero-order valence-electron chi connectivity index (χ0n) is 36.5. The summed E-state index contributed by atoms with van der Waals surface area (Å²) in [5, 5.41) is 5.70. The van der Waals surface area contributed by atoms with Crippen LogP contribution in [0.25, 0.3) is 0 Å². The van der Waals surface area contributed by atoms with Crippen LogP contribution >= 0.6 is 62.3 Å². The van der Waals surface area contributed by atoms with Crippen molar-refractivity contribution >= 4 is 90.8 Å². The molecule has 0 fully saturated rings. The van der Waals surface area contributed by atoms with Gasteiger partial charge in [0.2, 0.25) is 0 Å². The summed E-state index contributed by atoms with van der Waals surface area (Å²) in [6, 6.07) is 45.9. The Morgan fingerprint density at radius 3 is 1.00 bits per heavy atom. The molecule has 7 heteroatoms. The van der Waals surface area contributed by atoms with E-state index in [1.165, 1.54) is 22.3 Å². The fourth-order valence-corrected chi connectivity index (χ4v) is 7.23. The van der Waals surface area contributed by atoms with Gasteiger partial charge in [-0.25, -0.2) is 0 Å². The Hall–Kier alpha value is -3.44. The van der Waals surface area contributed by atoms with Gasteiger partial charge in [-0.2, -0.15) is 0 Å². The molecule has 0 spiro atoms. The molecule has 0 aliphatic rings. The standard InChI is InChI=1S/C26H29Cl2N.C20H27N.C6H3BrCl2.CH4/c1-25(2,3)18-10-14-20(15-11-18)29(23-9-7-8-22(27)24(23)28)21-16-12-19(13-17-21)26(4,5)6;1-19(2,3)15-7-11-17(12-8-15)21-18-13-9-16(10-14-18)20(4,5)6;7-4-2-1-3-5(8)6(4)9;/h7-17H,1-6H3;7-14,21H,1-6H3;1-3H;1H4. The van der Waals surface area contributed by atoms with Gasteiger partial charge in [0, 0.05) is 27.2 Å². The summed E-state index contributed by atoms with van der Waals surface area (Å²) in [6.45, 7) is 26.7. The van der Waals surface area contributed by atoms with Crippen molar-refractivity contribution in [3.05, 3.63) is 180 Å². The molecule has 0 saturated carbocycles. The summed E-state index contributed by atoms with van der Waals surface area (Å²) < 4.78 is 0.830. The number of benzene rings is 6. The number of anilines is 5. The lowest BCUT2D eigenvalue weighted by molar-refractivity contribution is 0.590. The molecule has 0 saturated heterocycles. The van der Waals surface area contributed by atoms with Gasteiger partial charge in [0.05, 0.1) is 25.8 Å². The lowest BCUT2D eigenvalue weighted by atomic mass is 9.86. The van der Waals surface area contributed by atoms with Crippen molar-refractivity contribution in [1.82, 2.24) is 0 Å². The zero-order valence-corrected chi connectivity index (χ0v) is 41.1. The van der Waals surface area contributed by atoms with Crippen LogP contribution in [-0.4, -0.2) is 0 Å². The highest BCUT2D eigenvalue weighted by Gasteiger charge is 2.21. The van der Waals surface area contributed by atoms with Crippen LogP contribution in [0.5, 0.6) is 0 Å². The van der Waals surface area contributed by atoms with Gasteiger partial charge in [-0.05, 0) is 133 Å². The molecule has 2 nitrogen and oxygen atoms in total. The summed E-state index contributed by atoms with van der Waals surface area (Å²) in [5.74, 6) is 0. The lowest BCUT2D eigenvalue weighted by Crippen LogP contribution is -2.14. The number of halogens is 5. The molecule has 0 aliphatic carbocycles. The Balaban J connectivity index is 0.000000270. The highest BCUT2D eigenvalue weighted by Crippen LogP contribution is 2.42. The molecule has 1 N–H and O–H groups in total. The minimum Gasteiger partial charge on any atom is -0.356 e. The highest BCUT2D eigenvalue weighted by atomic mass is 79.9. The van der Waals surface area contributed by atoms with E-state index in [0.717, 1.165) is 32.9 Å². The predicted octanol–water partition coefficient (Wildman–Crippen LogP) is 19.5. The SMILES string of the molecule is C.CC(C)(C)c1ccc(N(c2ccc(C(C)(C)C)cc2)c2cccc(Cl)c2Cl)cc1.CC(C)(C)c1ccc(Nc2ccc(C(C)(C)C)cc2)cc1.Clc1cccc(Br)c1Cl. The largest absolute Gasteiger partial charge is 0.356 e. The second-order valence-corrected chi connectivity index (χ2v) is 21.2. The molecule has 0 aromatic heterocycles. The Morgan fingerprint density at radius 2 is 0.700 bits per heavy atom. The molecule has 0 heterocycles. The molecule has 6 rings (SSSR count). The average Bonchev–Trinajstić information content (AvgIpc) is 3.16. The molecular formula is C53H63BrCl4N2. The monoisotopic (exact) mass is 946 g/mol. The van der Waals surface area contributed by atoms with E-state index < -0.39 is 0 Å². The predicted molar refractivity (Wildman–Crippen MR) is 273 cm³/mol. The molecule has 0 radical (unpaired) electrons. The summed E-state index contributed by atoms with van der Waals surface area (Å²) in [6.07, 6.45) is 0. The summed E-state index contributed by atoms with van der Waals surface area (Å²) in [5.41, 5.74) is 11.1. The van der Waals surface area contributed by atoms with Crippen LogP contribution in [-0.2, 0) is 21.7 Å². The van der Waals surface area contributed by atoms with Crippen molar-refractivity contribution in [3.63, 3.8) is 0 Å². The smallest absolute Gasteiger partial charge is 0.0832 e. The van der Waals surface area contributed by atoms with Crippen molar-refractivity contribution in [2.45, 2.75) is 112 Å². The minimum atomic E-state index is 0. The van der Waals surface area contributed by atoms with Gasteiger partial charge in [0.25, 0.3) is 0 Å². The van der Waals surface area contributed by atoms with Crippen molar-refractivity contribution in [2.24, 2.45) is 0 Å². The molecule has 60 heavy (non-hydrogen) atoms. The van der Waals surface area contributed by atoms with Crippen molar-refractivity contribution in [2.75, 3.05) is 10.2 Å². The Morgan fingerprint density at radius 1 is 0.400 bits per heavy atom. The van der Waals surface area contributed by atoms with Crippen LogP contribution in [0.4, 0.5) is 28.4 Å². The van der Waals surface area contributed by atoms with Gasteiger partial charge in [-0.3, -0.25) is 0 Å². The van der Waals surface area contributed by atoms with E-state index in [2.05, 4.69) is 206 Å². The molecule has 0 atom stereocenters. The Kier molecular flexibility index (Phi) is 17.9. The summed E-state index contributed by atoms with van der Waals surface area (Å²) in [7, 11) is 0. The summed E-state index contributed by atoms with van der Waals surface area (Å²) in [4.78, 5) is 2.16.